The Kier molecular flexibility index (Phi) is 13.1. The van der Waals surface area contributed by atoms with Gasteiger partial charge in [-0.3, -0.25) is 0 Å². The van der Waals surface area contributed by atoms with E-state index >= 15 is 0 Å². The van der Waals surface area contributed by atoms with Crippen molar-refractivity contribution in [3.63, 3.8) is 0 Å². The third-order valence-corrected chi connectivity index (χ3v) is 42.0. The van der Waals surface area contributed by atoms with Gasteiger partial charge in [0.2, 0.25) is 0 Å². The van der Waals surface area contributed by atoms with Crippen LogP contribution in [0.4, 0.5) is 0 Å². The second kappa shape index (κ2) is 21.1. The van der Waals surface area contributed by atoms with E-state index in [1.165, 1.54) is 254 Å². The van der Waals surface area contributed by atoms with Gasteiger partial charge in [-0.2, -0.15) is 0 Å². The first-order chi connectivity index (χ1) is 45.0. The third kappa shape index (κ3) is 8.70. The Balaban J connectivity index is 0.0000000638. The maximum Gasteiger partial charge on any atom is -0.0266 e. The highest BCUT2D eigenvalue weighted by Gasteiger charge is 2.97. The molecule has 39 aliphatic carbocycles. The molecule has 500 valence electrons. The fourth-order valence-corrected chi connectivity index (χ4v) is 39.3. The standard InChI is InChI=1S/C12H18.2C11H18.2C10H16.C9H14.C8H8.2C7H10.C6H8/c1-2-8-5-7(1)11-9-3-4-10(6-9)12(8)11;1-3-9-7-10-4-2-6-11(10,5-1)8-9;1-2-4-10-9-5-6-11(10)8(3-1)7-9;1-7-2-9-4-8(1)5-10(3-7)6-9;1-2-9-7-4-5-8(6-7)10(9)3-1;1-6-2-8-4-7(1)5-9(8)3-6;1-2-5-3(1)7-4(1)6(2)8(5)7;1-4-2-6-5(1)7(6)3-4;1-2-4-6-5(3-1)7(4)6;1-2-4-5-3(1)6(4)5/h7-12H,1-6H2;9-10H,1-8H2;8-11H,1-7H2;2*7-10H,1-6H2;6-9H,1-5H2;1-8H;2*4-7H,1-3H2;3-6H,1-2H2. The Labute approximate surface area is 557 Å². The number of fused-ring (bicyclic) bond motifs is 18. The molecule has 0 nitrogen and oxygen atoms in total. The third-order valence-electron chi connectivity index (χ3n) is 42.0. The second-order valence-corrected chi connectivity index (χ2v) is 44.5. The fraction of sp³-hybridized carbons (Fsp3) is 1.00. The quantitative estimate of drug-likeness (QED) is 0.212. The SMILES string of the molecule is C12C3C4C1C1C2C3C41.C1C2CC3C1C3C2.C1C2CC3CC1CC(C2)C3.C1C2CC3CC1CC3C2.C1CC2C3C(C1)C23.C1CC2C3C1C23.C1CC2C3CCC(C3)C2C1.C1CC2CC1C1C3CCC(C3)C21.C1CC2CC3CCCC3(C1)C2.C1CCC2C3CCC2C(C1)C3. The highest BCUT2D eigenvalue weighted by atomic mass is 15.0. The van der Waals surface area contributed by atoms with E-state index in [9.17, 15) is 0 Å². The van der Waals surface area contributed by atoms with E-state index in [1.807, 2.05) is 0 Å². The molecular weight excluding hydrogens is 1090 g/mol. The summed E-state index contributed by atoms with van der Waals surface area (Å²) in [5.41, 5.74) is 0.906. The Morgan fingerprint density at radius 1 is 0.154 bits per heavy atom. The highest BCUT2D eigenvalue weighted by Crippen LogP contribution is 3.01. The Morgan fingerprint density at radius 2 is 0.473 bits per heavy atom. The van der Waals surface area contributed by atoms with Gasteiger partial charge >= 0.3 is 0 Å². The lowest BCUT2D eigenvalue weighted by atomic mass is 9.01. The van der Waals surface area contributed by atoms with Gasteiger partial charge in [0, 0.05) is 0 Å². The van der Waals surface area contributed by atoms with Gasteiger partial charge in [-0.05, 0) is 510 Å². The lowest BCUT2D eigenvalue weighted by molar-refractivity contribution is -0.565. The van der Waals surface area contributed by atoms with Crippen molar-refractivity contribution in [3.8, 4) is 0 Å². The average Bonchev–Trinajstić information content (AvgIpc) is 1.58. The molecule has 39 aliphatic rings. The molecule has 28 bridgehead atoms. The van der Waals surface area contributed by atoms with Gasteiger partial charge in [0.1, 0.15) is 0 Å². The van der Waals surface area contributed by atoms with Crippen LogP contribution in [-0.2, 0) is 0 Å². The molecule has 15 atom stereocenters. The van der Waals surface area contributed by atoms with Crippen LogP contribution in [0, 0.1) is 266 Å². The van der Waals surface area contributed by atoms with Gasteiger partial charge < -0.3 is 0 Å². The van der Waals surface area contributed by atoms with Crippen molar-refractivity contribution in [1.82, 2.24) is 0 Å². The molecule has 1 spiro atoms. The summed E-state index contributed by atoms with van der Waals surface area (Å²) in [5.74, 6) is 54.6. The molecule has 15 unspecified atom stereocenters. The summed E-state index contributed by atoms with van der Waals surface area (Å²) in [7, 11) is 0. The number of hydrogen-bond acceptors (Lipinski definition) is 0. The molecule has 0 saturated heterocycles. The summed E-state index contributed by atoms with van der Waals surface area (Å²) in [5, 5.41) is 0. The molecule has 39 saturated carbocycles. The van der Waals surface area contributed by atoms with Crippen LogP contribution in [0.5, 0.6) is 0 Å². The summed E-state index contributed by atoms with van der Waals surface area (Å²) < 4.78 is 0. The summed E-state index contributed by atoms with van der Waals surface area (Å²) >= 11 is 0. The molecule has 91 heavy (non-hydrogen) atoms. The molecule has 0 radical (unpaired) electrons. The van der Waals surface area contributed by atoms with Crippen LogP contribution in [0.3, 0.4) is 0 Å². The van der Waals surface area contributed by atoms with E-state index in [4.69, 9.17) is 0 Å². The van der Waals surface area contributed by atoms with E-state index in [2.05, 4.69) is 0 Å². The minimum Gasteiger partial charge on any atom is -0.0530 e. The minimum absolute atomic E-state index is 0.906. The Hall–Kier alpha value is 0. The predicted molar refractivity (Wildman–Crippen MR) is 368 cm³/mol. The molecule has 0 N–H and O–H groups in total. The Bertz CT molecular complexity index is 2410. The second-order valence-electron chi connectivity index (χ2n) is 44.5. The number of rotatable bonds is 0. The predicted octanol–water partition coefficient (Wildman–Crippen LogP) is 23.4. The lowest BCUT2D eigenvalue weighted by Gasteiger charge is -3.03. The number of hydrogen-bond donors (Lipinski definition) is 0. The zero-order valence-electron chi connectivity index (χ0n) is 58.4. The maximum absolute atomic E-state index is 1.64. The van der Waals surface area contributed by atoms with Gasteiger partial charge in [-0.15, -0.1) is 0 Å². The normalized spacial score (nSPS) is 66.5. The summed E-state index contributed by atoms with van der Waals surface area (Å²) in [4.78, 5) is 0. The molecule has 0 aromatic carbocycles. The van der Waals surface area contributed by atoms with Gasteiger partial charge in [-0.1, -0.05) is 51.4 Å². The molecule has 0 heteroatoms. The van der Waals surface area contributed by atoms with E-state index < -0.39 is 0 Å². The van der Waals surface area contributed by atoms with Crippen molar-refractivity contribution in [2.45, 2.75) is 295 Å². The van der Waals surface area contributed by atoms with Crippen molar-refractivity contribution in [1.29, 1.82) is 0 Å². The van der Waals surface area contributed by atoms with Crippen LogP contribution in [0.2, 0.25) is 0 Å². The van der Waals surface area contributed by atoms with Crippen molar-refractivity contribution >= 4 is 0 Å². The van der Waals surface area contributed by atoms with Crippen molar-refractivity contribution in [2.24, 2.45) is 266 Å². The van der Waals surface area contributed by atoms with Crippen LogP contribution in [0.25, 0.3) is 0 Å². The van der Waals surface area contributed by atoms with Crippen LogP contribution < -0.4 is 0 Å². The fourth-order valence-electron chi connectivity index (χ4n) is 39.3. The summed E-state index contributed by atoms with van der Waals surface area (Å²) in [6, 6.07) is 0. The van der Waals surface area contributed by atoms with Gasteiger partial charge in [0.15, 0.2) is 0 Å². The van der Waals surface area contributed by atoms with Crippen LogP contribution in [0.1, 0.15) is 295 Å². The zero-order valence-corrected chi connectivity index (χ0v) is 58.4. The maximum atomic E-state index is 1.64. The molecule has 0 amide bonds. The lowest BCUT2D eigenvalue weighted by Crippen LogP contribution is -3.00. The first-order valence-corrected chi connectivity index (χ1v) is 45.0. The molecule has 0 aromatic rings. The molecule has 0 aliphatic heterocycles. The van der Waals surface area contributed by atoms with E-state index in [0.717, 1.165) is 11.3 Å². The van der Waals surface area contributed by atoms with E-state index in [1.54, 1.807) is 295 Å². The first kappa shape index (κ1) is 56.7. The Morgan fingerprint density at radius 3 is 0.868 bits per heavy atom. The highest BCUT2D eigenvalue weighted by molar-refractivity contribution is 5.44. The van der Waals surface area contributed by atoms with Gasteiger partial charge in [0.05, 0.1) is 0 Å². The zero-order chi connectivity index (χ0) is 58.4. The monoisotopic (exact) mass is 1230 g/mol. The first-order valence-electron chi connectivity index (χ1n) is 45.0. The van der Waals surface area contributed by atoms with E-state index in [0.29, 0.717) is 0 Å². The molecule has 0 aromatic heterocycles. The van der Waals surface area contributed by atoms with Crippen molar-refractivity contribution in [3.05, 3.63) is 0 Å². The molecular formula is C91H136. The summed E-state index contributed by atoms with van der Waals surface area (Å²) in [6.45, 7) is 0. The molecule has 0 heterocycles. The van der Waals surface area contributed by atoms with Crippen LogP contribution in [-0.4, -0.2) is 0 Å². The van der Waals surface area contributed by atoms with Gasteiger partial charge in [-0.25, -0.2) is 0 Å². The average molecular weight is 1230 g/mol. The summed E-state index contributed by atoms with van der Waals surface area (Å²) in [6.07, 6.45) is 73.5. The van der Waals surface area contributed by atoms with Gasteiger partial charge in [0.25, 0.3) is 0 Å². The minimum atomic E-state index is 0.906. The smallest absolute Gasteiger partial charge is 0.0266 e. The van der Waals surface area contributed by atoms with Crippen molar-refractivity contribution in [2.75, 3.05) is 0 Å². The van der Waals surface area contributed by atoms with Crippen LogP contribution >= 0.6 is 0 Å². The molecule has 39 rings (SSSR count). The van der Waals surface area contributed by atoms with Crippen LogP contribution in [0.15, 0.2) is 0 Å². The topological polar surface area (TPSA) is 0 Å². The molecule has 39 fully saturated rings. The van der Waals surface area contributed by atoms with Crippen molar-refractivity contribution < 1.29 is 0 Å². The largest absolute Gasteiger partial charge is 0.0530 e. The van der Waals surface area contributed by atoms with E-state index in [-0.39, 0.29) is 0 Å².